The van der Waals surface area contributed by atoms with Crippen molar-refractivity contribution in [3.05, 3.63) is 69.8 Å². The molecule has 2 aromatic heterocycles. The molecule has 32 heavy (non-hydrogen) atoms. The lowest BCUT2D eigenvalue weighted by Gasteiger charge is -2.34. The fraction of sp³-hybridized carbons (Fsp3) is 0.333. The summed E-state index contributed by atoms with van der Waals surface area (Å²) in [5.41, 5.74) is 2.35. The number of anilines is 1. The van der Waals surface area contributed by atoms with E-state index in [4.69, 9.17) is 0 Å². The number of carbonyl (C=O) groups is 2. The Bertz CT molecular complexity index is 1290. The molecule has 0 bridgehead atoms. The Morgan fingerprint density at radius 2 is 1.66 bits per heavy atom. The van der Waals surface area contributed by atoms with E-state index in [9.17, 15) is 14.4 Å². The maximum absolute atomic E-state index is 13.3. The highest BCUT2D eigenvalue weighted by atomic mass is 16.2. The molecule has 1 fully saturated rings. The Morgan fingerprint density at radius 3 is 2.44 bits per heavy atom. The van der Waals surface area contributed by atoms with Gasteiger partial charge in [-0.15, -0.1) is 0 Å². The lowest BCUT2D eigenvalue weighted by molar-refractivity contribution is 0.0656. The third-order valence-electron chi connectivity index (χ3n) is 6.35. The normalized spacial score (nSPS) is 16.8. The van der Waals surface area contributed by atoms with Crippen LogP contribution >= 0.6 is 0 Å². The lowest BCUT2D eigenvalue weighted by Crippen LogP contribution is -2.47. The number of imide groups is 1. The number of para-hydroxylation sites is 1. The number of likely N-dealkylation sites (N-methyl/N-ethyl adjacent to an activating group) is 1. The minimum absolute atomic E-state index is 0.220. The minimum Gasteiger partial charge on any atom is -0.364 e. The van der Waals surface area contributed by atoms with E-state index in [0.29, 0.717) is 30.8 Å². The first-order chi connectivity index (χ1) is 15.4. The number of benzene rings is 1. The van der Waals surface area contributed by atoms with E-state index in [0.717, 1.165) is 29.7 Å². The quantitative estimate of drug-likeness (QED) is 0.583. The largest absolute Gasteiger partial charge is 0.364 e. The fourth-order valence-electron chi connectivity index (χ4n) is 4.47. The molecule has 1 aromatic carbocycles. The Labute approximate surface area is 185 Å². The number of hydrogen-bond donors (Lipinski definition) is 0. The van der Waals surface area contributed by atoms with E-state index < -0.39 is 5.91 Å². The number of hydrogen-bond acceptors (Lipinski definition) is 6. The number of amides is 2. The second kappa shape index (κ2) is 7.87. The average molecular weight is 431 g/mol. The number of aromatic nitrogens is 2. The van der Waals surface area contributed by atoms with Gasteiger partial charge in [-0.3, -0.25) is 24.3 Å². The highest BCUT2D eigenvalue weighted by Gasteiger charge is 2.40. The number of fused-ring (bicyclic) bond motifs is 2. The first-order valence-corrected chi connectivity index (χ1v) is 10.8. The van der Waals surface area contributed by atoms with Crippen molar-refractivity contribution in [2.75, 3.05) is 44.7 Å². The zero-order valence-electron chi connectivity index (χ0n) is 18.2. The third kappa shape index (κ3) is 3.36. The van der Waals surface area contributed by atoms with Gasteiger partial charge in [-0.2, -0.15) is 0 Å². The summed E-state index contributed by atoms with van der Waals surface area (Å²) in [5, 5.41) is 1.05. The minimum atomic E-state index is -0.391. The van der Waals surface area contributed by atoms with Crippen molar-refractivity contribution in [3.63, 3.8) is 0 Å². The SMILES string of the molecule is CN1CCN(c2c3c(cn(C)c2=O)C(=O)N(CCc2ccc4ccccc4n2)C3=O)CC1. The van der Waals surface area contributed by atoms with Crippen molar-refractivity contribution in [1.82, 2.24) is 19.4 Å². The number of pyridine rings is 2. The van der Waals surface area contributed by atoms with Gasteiger partial charge in [0, 0.05) is 63.5 Å². The van der Waals surface area contributed by atoms with Gasteiger partial charge in [-0.05, 0) is 19.2 Å². The molecule has 2 aliphatic heterocycles. The molecule has 8 nitrogen and oxygen atoms in total. The molecule has 0 spiro atoms. The van der Waals surface area contributed by atoms with Gasteiger partial charge in [0.1, 0.15) is 5.69 Å². The van der Waals surface area contributed by atoms with Crippen LogP contribution in [0, 0.1) is 0 Å². The molecule has 1 saturated heterocycles. The molecular weight excluding hydrogens is 406 g/mol. The van der Waals surface area contributed by atoms with Gasteiger partial charge in [0.05, 0.1) is 16.6 Å². The van der Waals surface area contributed by atoms with E-state index in [1.165, 1.54) is 15.7 Å². The average Bonchev–Trinajstić information content (AvgIpc) is 3.03. The van der Waals surface area contributed by atoms with Crippen LogP contribution in [0.2, 0.25) is 0 Å². The summed E-state index contributed by atoms with van der Waals surface area (Å²) in [6.07, 6.45) is 1.95. The summed E-state index contributed by atoms with van der Waals surface area (Å²) in [6.45, 7) is 3.10. The molecule has 0 N–H and O–H groups in total. The van der Waals surface area contributed by atoms with Gasteiger partial charge < -0.3 is 14.4 Å². The van der Waals surface area contributed by atoms with Crippen LogP contribution < -0.4 is 10.5 Å². The van der Waals surface area contributed by atoms with Gasteiger partial charge in [0.15, 0.2) is 0 Å². The Morgan fingerprint density at radius 1 is 0.906 bits per heavy atom. The predicted molar refractivity (Wildman–Crippen MR) is 122 cm³/mol. The van der Waals surface area contributed by atoms with Crippen LogP contribution in [0.3, 0.4) is 0 Å². The summed E-state index contributed by atoms with van der Waals surface area (Å²) >= 11 is 0. The Kier molecular flexibility index (Phi) is 5.01. The molecule has 164 valence electrons. The van der Waals surface area contributed by atoms with Crippen molar-refractivity contribution in [3.8, 4) is 0 Å². The number of nitrogens with zero attached hydrogens (tertiary/aromatic N) is 5. The molecule has 2 amide bonds. The van der Waals surface area contributed by atoms with Gasteiger partial charge in [0.2, 0.25) is 0 Å². The Balaban J connectivity index is 1.44. The van der Waals surface area contributed by atoms with Gasteiger partial charge in [0.25, 0.3) is 17.4 Å². The topological polar surface area (TPSA) is 78.8 Å². The second-order valence-electron chi connectivity index (χ2n) is 8.48. The van der Waals surface area contributed by atoms with Crippen molar-refractivity contribution in [2.45, 2.75) is 6.42 Å². The van der Waals surface area contributed by atoms with Gasteiger partial charge in [-0.25, -0.2) is 0 Å². The van der Waals surface area contributed by atoms with Crippen molar-refractivity contribution in [2.24, 2.45) is 7.05 Å². The third-order valence-corrected chi connectivity index (χ3v) is 6.35. The van der Waals surface area contributed by atoms with Crippen LogP contribution in [0.15, 0.2) is 47.4 Å². The number of rotatable bonds is 4. The lowest BCUT2D eigenvalue weighted by atomic mass is 10.1. The number of piperazine rings is 1. The summed E-state index contributed by atoms with van der Waals surface area (Å²) in [5.74, 6) is -0.741. The first-order valence-electron chi connectivity index (χ1n) is 10.8. The molecule has 0 unspecified atom stereocenters. The van der Waals surface area contributed by atoms with Gasteiger partial charge in [-0.1, -0.05) is 24.3 Å². The van der Waals surface area contributed by atoms with E-state index >= 15 is 0 Å². The molecule has 0 aliphatic carbocycles. The predicted octanol–water partition coefficient (Wildman–Crippen LogP) is 1.52. The zero-order chi connectivity index (χ0) is 22.4. The summed E-state index contributed by atoms with van der Waals surface area (Å²) < 4.78 is 1.41. The summed E-state index contributed by atoms with van der Waals surface area (Å²) in [4.78, 5) is 49.5. The van der Waals surface area contributed by atoms with Crippen molar-refractivity contribution in [1.29, 1.82) is 0 Å². The highest BCUT2D eigenvalue weighted by Crippen LogP contribution is 2.30. The number of carbonyl (C=O) groups excluding carboxylic acids is 2. The first kappa shape index (κ1) is 20.4. The van der Waals surface area contributed by atoms with Crippen LogP contribution in [-0.4, -0.2) is 70.9 Å². The molecule has 3 aromatic rings. The van der Waals surface area contributed by atoms with E-state index in [-0.39, 0.29) is 23.6 Å². The molecule has 4 heterocycles. The second-order valence-corrected chi connectivity index (χ2v) is 8.48. The van der Waals surface area contributed by atoms with E-state index in [2.05, 4.69) is 9.88 Å². The number of aryl methyl sites for hydroxylation is 1. The standard InChI is InChI=1S/C24H25N5O3/c1-26-11-13-28(14-12-26)21-20-18(15-27(2)24(21)32)22(30)29(23(20)31)10-9-17-8-7-16-5-3-4-6-19(16)25-17/h3-8,15H,9-14H2,1-2H3. The molecular formula is C24H25N5O3. The highest BCUT2D eigenvalue weighted by molar-refractivity contribution is 6.23. The zero-order valence-corrected chi connectivity index (χ0v) is 18.2. The van der Waals surface area contributed by atoms with Crippen molar-refractivity contribution >= 4 is 28.4 Å². The molecule has 0 radical (unpaired) electrons. The molecule has 2 aliphatic rings. The van der Waals surface area contributed by atoms with Crippen LogP contribution in [0.4, 0.5) is 5.69 Å². The monoisotopic (exact) mass is 431 g/mol. The fourth-order valence-corrected chi connectivity index (χ4v) is 4.47. The summed E-state index contributed by atoms with van der Waals surface area (Å²) in [6, 6.07) is 11.8. The molecule has 0 saturated carbocycles. The molecule has 0 atom stereocenters. The van der Waals surface area contributed by atoms with E-state index in [1.54, 1.807) is 7.05 Å². The maximum Gasteiger partial charge on any atom is 0.274 e. The Hall–Kier alpha value is -3.52. The maximum atomic E-state index is 13.3. The van der Waals surface area contributed by atoms with Crippen LogP contribution in [0.5, 0.6) is 0 Å². The summed E-state index contributed by atoms with van der Waals surface area (Å²) in [7, 11) is 3.66. The van der Waals surface area contributed by atoms with E-state index in [1.807, 2.05) is 48.3 Å². The van der Waals surface area contributed by atoms with Crippen LogP contribution in [0.25, 0.3) is 10.9 Å². The molecule has 5 rings (SSSR count). The van der Waals surface area contributed by atoms with Crippen LogP contribution in [-0.2, 0) is 13.5 Å². The van der Waals surface area contributed by atoms with Gasteiger partial charge >= 0.3 is 0 Å². The molecule has 8 heteroatoms. The van der Waals surface area contributed by atoms with Crippen molar-refractivity contribution < 1.29 is 9.59 Å². The van der Waals surface area contributed by atoms with Crippen LogP contribution in [0.1, 0.15) is 26.4 Å². The smallest absolute Gasteiger partial charge is 0.274 e.